The summed E-state index contributed by atoms with van der Waals surface area (Å²) in [6, 6.07) is 9.10. The number of amides is 1. The van der Waals surface area contributed by atoms with E-state index in [-0.39, 0.29) is 11.4 Å². The Morgan fingerprint density at radius 3 is 2.52 bits per heavy atom. The zero-order chi connectivity index (χ0) is 18.7. The van der Waals surface area contributed by atoms with E-state index in [1.807, 2.05) is 6.20 Å². The standard InChI is InChI=1S/C21H23N5O/c22-15-17-3-5-18(6-4-17)20(27)26-13-2-8-21(26)7-1-12-25(14-9-21)19-16-23-10-11-24-19/h3-6,10-11,16H,1-2,7-9,12-14H2/t21-/m0/s1. The Kier molecular flexibility index (Phi) is 4.76. The van der Waals surface area contributed by atoms with Gasteiger partial charge in [0.25, 0.3) is 5.91 Å². The minimum absolute atomic E-state index is 0.0675. The van der Waals surface area contributed by atoms with Crippen LogP contribution in [0.3, 0.4) is 0 Å². The summed E-state index contributed by atoms with van der Waals surface area (Å²) in [4.78, 5) is 26.2. The number of rotatable bonds is 2. The van der Waals surface area contributed by atoms with E-state index in [4.69, 9.17) is 5.26 Å². The average molecular weight is 361 g/mol. The lowest BCUT2D eigenvalue weighted by Gasteiger charge is -2.38. The molecule has 1 atom stereocenters. The highest BCUT2D eigenvalue weighted by atomic mass is 16.2. The molecular formula is C21H23N5O. The second kappa shape index (κ2) is 7.36. The number of anilines is 1. The molecule has 0 N–H and O–H groups in total. The van der Waals surface area contributed by atoms with Gasteiger partial charge in [-0.25, -0.2) is 4.98 Å². The molecule has 3 heterocycles. The van der Waals surface area contributed by atoms with E-state index in [1.165, 1.54) is 0 Å². The zero-order valence-corrected chi connectivity index (χ0v) is 15.3. The summed E-state index contributed by atoms with van der Waals surface area (Å²) < 4.78 is 0. The van der Waals surface area contributed by atoms with Gasteiger partial charge in [0.1, 0.15) is 5.82 Å². The second-order valence-electron chi connectivity index (χ2n) is 7.38. The molecule has 1 amide bonds. The molecule has 0 saturated carbocycles. The number of nitrogens with zero attached hydrogens (tertiary/aromatic N) is 5. The van der Waals surface area contributed by atoms with Crippen LogP contribution >= 0.6 is 0 Å². The van der Waals surface area contributed by atoms with Crippen LogP contribution < -0.4 is 4.90 Å². The van der Waals surface area contributed by atoms with Gasteiger partial charge in [0.05, 0.1) is 17.8 Å². The van der Waals surface area contributed by atoms with Crippen LogP contribution in [0.4, 0.5) is 5.82 Å². The maximum Gasteiger partial charge on any atom is 0.254 e. The molecule has 138 valence electrons. The fourth-order valence-electron chi connectivity index (χ4n) is 4.48. The minimum atomic E-state index is -0.0675. The highest BCUT2D eigenvalue weighted by Crippen LogP contribution is 2.39. The lowest BCUT2D eigenvalue weighted by molar-refractivity contribution is 0.0566. The van der Waals surface area contributed by atoms with E-state index in [9.17, 15) is 4.79 Å². The van der Waals surface area contributed by atoms with E-state index in [0.29, 0.717) is 11.1 Å². The van der Waals surface area contributed by atoms with Gasteiger partial charge in [-0.2, -0.15) is 5.26 Å². The monoisotopic (exact) mass is 361 g/mol. The molecular weight excluding hydrogens is 338 g/mol. The highest BCUT2D eigenvalue weighted by Gasteiger charge is 2.44. The van der Waals surface area contributed by atoms with Gasteiger partial charge in [0.2, 0.25) is 0 Å². The Morgan fingerprint density at radius 1 is 1.04 bits per heavy atom. The molecule has 1 spiro atoms. The second-order valence-corrected chi connectivity index (χ2v) is 7.38. The zero-order valence-electron chi connectivity index (χ0n) is 15.3. The first-order valence-corrected chi connectivity index (χ1v) is 9.55. The van der Waals surface area contributed by atoms with Crippen LogP contribution in [-0.2, 0) is 0 Å². The van der Waals surface area contributed by atoms with Crippen LogP contribution in [0.15, 0.2) is 42.9 Å². The number of nitriles is 1. The normalized spacial score (nSPS) is 22.5. The molecule has 2 saturated heterocycles. The number of hydrogen-bond donors (Lipinski definition) is 0. The summed E-state index contributed by atoms with van der Waals surface area (Å²) in [6.45, 7) is 2.64. The van der Waals surface area contributed by atoms with Crippen molar-refractivity contribution in [2.24, 2.45) is 0 Å². The SMILES string of the molecule is N#Cc1ccc(C(=O)N2CCC[C@]23CCCN(c2cnccn2)CC3)cc1. The molecule has 2 fully saturated rings. The molecule has 4 rings (SSSR count). The van der Waals surface area contributed by atoms with Crippen LogP contribution in [0.1, 0.15) is 48.0 Å². The van der Waals surface area contributed by atoms with Gasteiger partial charge >= 0.3 is 0 Å². The first kappa shape index (κ1) is 17.5. The van der Waals surface area contributed by atoms with Crippen molar-refractivity contribution in [3.63, 3.8) is 0 Å². The number of carbonyl (C=O) groups excluding carboxylic acids is 1. The van der Waals surface area contributed by atoms with Gasteiger partial charge in [-0.15, -0.1) is 0 Å². The Balaban J connectivity index is 1.53. The van der Waals surface area contributed by atoms with Crippen molar-refractivity contribution in [1.82, 2.24) is 14.9 Å². The Morgan fingerprint density at radius 2 is 1.81 bits per heavy atom. The lowest BCUT2D eigenvalue weighted by Crippen LogP contribution is -2.48. The number of hydrogen-bond acceptors (Lipinski definition) is 5. The van der Waals surface area contributed by atoms with Gasteiger partial charge in [0, 0.05) is 43.1 Å². The third kappa shape index (κ3) is 3.37. The molecule has 0 unspecified atom stereocenters. The Labute approximate surface area is 159 Å². The minimum Gasteiger partial charge on any atom is -0.355 e. The molecule has 27 heavy (non-hydrogen) atoms. The van der Waals surface area contributed by atoms with Crippen molar-refractivity contribution in [2.45, 2.75) is 37.6 Å². The fraction of sp³-hybridized carbons (Fsp3) is 0.429. The van der Waals surface area contributed by atoms with Gasteiger partial charge in [0.15, 0.2) is 0 Å². The van der Waals surface area contributed by atoms with Gasteiger partial charge < -0.3 is 9.80 Å². The molecule has 6 nitrogen and oxygen atoms in total. The number of likely N-dealkylation sites (tertiary alicyclic amines) is 1. The van der Waals surface area contributed by atoms with E-state index < -0.39 is 0 Å². The van der Waals surface area contributed by atoms with Crippen LogP contribution in [0.2, 0.25) is 0 Å². The van der Waals surface area contributed by atoms with Crippen LogP contribution in [0.5, 0.6) is 0 Å². The average Bonchev–Trinajstić information content (AvgIpc) is 3.01. The van der Waals surface area contributed by atoms with Crippen molar-refractivity contribution in [3.05, 3.63) is 54.0 Å². The molecule has 6 heteroatoms. The van der Waals surface area contributed by atoms with Crippen molar-refractivity contribution in [3.8, 4) is 6.07 Å². The van der Waals surface area contributed by atoms with E-state index in [0.717, 1.165) is 57.6 Å². The van der Waals surface area contributed by atoms with E-state index in [2.05, 4.69) is 25.8 Å². The third-order valence-electron chi connectivity index (χ3n) is 5.89. The summed E-state index contributed by atoms with van der Waals surface area (Å²) in [5, 5.41) is 8.97. The molecule has 1 aromatic carbocycles. The van der Waals surface area contributed by atoms with Crippen molar-refractivity contribution in [1.29, 1.82) is 5.26 Å². The van der Waals surface area contributed by atoms with E-state index in [1.54, 1.807) is 36.7 Å². The largest absolute Gasteiger partial charge is 0.355 e. The Bertz CT molecular complexity index is 845. The van der Waals surface area contributed by atoms with Crippen molar-refractivity contribution in [2.75, 3.05) is 24.5 Å². The topological polar surface area (TPSA) is 73.1 Å². The number of carbonyl (C=O) groups is 1. The van der Waals surface area contributed by atoms with Gasteiger partial charge in [-0.1, -0.05) is 0 Å². The maximum absolute atomic E-state index is 13.2. The molecule has 2 aromatic rings. The van der Waals surface area contributed by atoms with E-state index >= 15 is 0 Å². The summed E-state index contributed by atoms with van der Waals surface area (Å²) in [5.74, 6) is 1.00. The number of benzene rings is 1. The summed E-state index contributed by atoms with van der Waals surface area (Å²) in [6.07, 6.45) is 10.3. The molecule has 1 aromatic heterocycles. The highest BCUT2D eigenvalue weighted by molar-refractivity contribution is 5.95. The third-order valence-corrected chi connectivity index (χ3v) is 5.89. The lowest BCUT2D eigenvalue weighted by atomic mass is 9.87. The van der Waals surface area contributed by atoms with Crippen LogP contribution in [-0.4, -0.2) is 45.9 Å². The van der Waals surface area contributed by atoms with Crippen molar-refractivity contribution >= 4 is 11.7 Å². The predicted octanol–water partition coefficient (Wildman–Crippen LogP) is 3.01. The predicted molar refractivity (Wildman–Crippen MR) is 102 cm³/mol. The summed E-state index contributed by atoms with van der Waals surface area (Å²) >= 11 is 0. The van der Waals surface area contributed by atoms with Gasteiger partial charge in [-0.3, -0.25) is 9.78 Å². The Hall–Kier alpha value is -2.94. The van der Waals surface area contributed by atoms with Gasteiger partial charge in [-0.05, 0) is 56.4 Å². The van der Waals surface area contributed by atoms with Crippen LogP contribution in [0, 0.1) is 11.3 Å². The fourth-order valence-corrected chi connectivity index (χ4v) is 4.48. The molecule has 2 aliphatic heterocycles. The quantitative estimate of drug-likeness (QED) is 0.822. The smallest absolute Gasteiger partial charge is 0.254 e. The molecule has 0 bridgehead atoms. The molecule has 2 aliphatic rings. The molecule has 0 aliphatic carbocycles. The molecule has 0 radical (unpaired) electrons. The maximum atomic E-state index is 13.2. The van der Waals surface area contributed by atoms with Crippen molar-refractivity contribution < 1.29 is 4.79 Å². The first-order chi connectivity index (χ1) is 13.2. The summed E-state index contributed by atoms with van der Waals surface area (Å²) in [7, 11) is 0. The number of aromatic nitrogens is 2. The van der Waals surface area contributed by atoms with Crippen LogP contribution in [0.25, 0.3) is 0 Å². The summed E-state index contributed by atoms with van der Waals surface area (Å²) in [5.41, 5.74) is 1.18. The first-order valence-electron chi connectivity index (χ1n) is 9.55.